The van der Waals surface area contributed by atoms with E-state index in [1.54, 1.807) is 6.07 Å². The van der Waals surface area contributed by atoms with Crippen molar-refractivity contribution in [3.63, 3.8) is 0 Å². The Morgan fingerprint density at radius 3 is 2.53 bits per heavy atom. The predicted molar refractivity (Wildman–Crippen MR) is 61.0 cm³/mol. The monoisotopic (exact) mass is 250 g/mol. The van der Waals surface area contributed by atoms with E-state index in [1.165, 1.54) is 10.9 Å². The van der Waals surface area contributed by atoms with Gasteiger partial charge in [0.05, 0.1) is 18.0 Å². The van der Waals surface area contributed by atoms with Gasteiger partial charge in [0.1, 0.15) is 15.0 Å². The summed E-state index contributed by atoms with van der Waals surface area (Å²) in [6.07, 6.45) is 1.20. The van der Waals surface area contributed by atoms with Crippen LogP contribution in [0.25, 0.3) is 0 Å². The molecule has 0 aliphatic carbocycles. The molecule has 0 N–H and O–H groups in total. The van der Waals surface area contributed by atoms with Crippen molar-refractivity contribution >= 4 is 21.4 Å². The minimum atomic E-state index is -2.97. The third-order valence-corrected chi connectivity index (χ3v) is 3.24. The predicted octanol–water partition coefficient (Wildman–Crippen LogP) is 1.70. The van der Waals surface area contributed by atoms with E-state index in [0.29, 0.717) is 17.6 Å². The molecule has 0 amide bonds. The number of sulfone groups is 1. The van der Waals surface area contributed by atoms with Crippen molar-refractivity contribution in [1.29, 1.82) is 0 Å². The van der Waals surface area contributed by atoms with E-state index < -0.39 is 9.84 Å². The SMILES string of the molecule is CC(C)c1cc(Cl)n(CCS(C)(=O)=O)n1. The van der Waals surface area contributed by atoms with Gasteiger partial charge >= 0.3 is 0 Å². The molecule has 0 aliphatic rings. The first-order chi connectivity index (χ1) is 6.79. The largest absolute Gasteiger partial charge is 0.253 e. The number of hydrogen-bond acceptors (Lipinski definition) is 3. The average molecular weight is 251 g/mol. The van der Waals surface area contributed by atoms with E-state index in [2.05, 4.69) is 5.10 Å². The lowest BCUT2D eigenvalue weighted by Gasteiger charge is -2.02. The average Bonchev–Trinajstić information content (AvgIpc) is 2.42. The second-order valence-electron chi connectivity index (χ2n) is 3.90. The first-order valence-electron chi connectivity index (χ1n) is 4.70. The van der Waals surface area contributed by atoms with Gasteiger partial charge in [-0.1, -0.05) is 25.4 Å². The fourth-order valence-electron chi connectivity index (χ4n) is 1.10. The lowest BCUT2D eigenvalue weighted by molar-refractivity contribution is 0.583. The molecule has 1 rings (SSSR count). The van der Waals surface area contributed by atoms with E-state index in [1.807, 2.05) is 13.8 Å². The zero-order valence-electron chi connectivity index (χ0n) is 9.07. The molecule has 0 aromatic carbocycles. The highest BCUT2D eigenvalue weighted by molar-refractivity contribution is 7.90. The lowest BCUT2D eigenvalue weighted by Crippen LogP contribution is -2.12. The van der Waals surface area contributed by atoms with Gasteiger partial charge in [0.25, 0.3) is 0 Å². The van der Waals surface area contributed by atoms with Crippen molar-refractivity contribution in [3.05, 3.63) is 16.9 Å². The molecule has 15 heavy (non-hydrogen) atoms. The Labute approximate surface area is 95.2 Å². The molecule has 1 heterocycles. The number of nitrogens with zero attached hydrogens (tertiary/aromatic N) is 2. The molecule has 0 radical (unpaired) electrons. The quantitative estimate of drug-likeness (QED) is 0.817. The number of aromatic nitrogens is 2. The molecule has 0 unspecified atom stereocenters. The van der Waals surface area contributed by atoms with Crippen LogP contribution in [-0.2, 0) is 16.4 Å². The van der Waals surface area contributed by atoms with Gasteiger partial charge in [0, 0.05) is 6.26 Å². The fourth-order valence-corrected chi connectivity index (χ4v) is 1.84. The number of hydrogen-bond donors (Lipinski definition) is 0. The minimum Gasteiger partial charge on any atom is -0.253 e. The molecule has 1 aromatic rings. The van der Waals surface area contributed by atoms with Gasteiger partial charge < -0.3 is 0 Å². The second kappa shape index (κ2) is 4.53. The zero-order chi connectivity index (χ0) is 11.6. The molecule has 0 aliphatic heterocycles. The van der Waals surface area contributed by atoms with Gasteiger partial charge in [0.15, 0.2) is 0 Å². The fraction of sp³-hybridized carbons (Fsp3) is 0.667. The van der Waals surface area contributed by atoms with E-state index >= 15 is 0 Å². The normalized spacial score (nSPS) is 12.3. The molecule has 0 saturated heterocycles. The number of halogens is 1. The summed E-state index contributed by atoms with van der Waals surface area (Å²) < 4.78 is 23.5. The van der Waals surface area contributed by atoms with Gasteiger partial charge in [-0.2, -0.15) is 5.10 Å². The standard InChI is InChI=1S/C9H15ClN2O2S/c1-7(2)8-6-9(10)12(11-8)4-5-15(3,13)14/h6-7H,4-5H2,1-3H3. The summed E-state index contributed by atoms with van der Waals surface area (Å²) in [5, 5.41) is 4.72. The van der Waals surface area contributed by atoms with Crippen molar-refractivity contribution < 1.29 is 8.42 Å². The Morgan fingerprint density at radius 2 is 2.13 bits per heavy atom. The van der Waals surface area contributed by atoms with Crippen LogP contribution >= 0.6 is 11.6 Å². The Bertz CT molecular complexity index is 437. The van der Waals surface area contributed by atoms with Gasteiger partial charge in [-0.3, -0.25) is 4.68 Å². The maximum absolute atomic E-state index is 11.0. The Balaban J connectivity index is 2.78. The summed E-state index contributed by atoms with van der Waals surface area (Å²) in [5.41, 5.74) is 0.883. The highest BCUT2D eigenvalue weighted by Gasteiger charge is 2.10. The smallest absolute Gasteiger partial charge is 0.149 e. The Kier molecular flexibility index (Phi) is 3.78. The van der Waals surface area contributed by atoms with Crippen molar-refractivity contribution in [2.24, 2.45) is 0 Å². The first kappa shape index (κ1) is 12.5. The van der Waals surface area contributed by atoms with Crippen LogP contribution in [-0.4, -0.2) is 30.2 Å². The van der Waals surface area contributed by atoms with Crippen LogP contribution < -0.4 is 0 Å². The van der Waals surface area contributed by atoms with E-state index in [4.69, 9.17) is 11.6 Å². The molecule has 0 saturated carbocycles. The van der Waals surface area contributed by atoms with Crippen LogP contribution in [0.1, 0.15) is 25.5 Å². The van der Waals surface area contributed by atoms with Crippen molar-refractivity contribution in [2.45, 2.75) is 26.3 Å². The Hall–Kier alpha value is -0.550. The van der Waals surface area contributed by atoms with Crippen LogP contribution in [0.4, 0.5) is 0 Å². The maximum Gasteiger partial charge on any atom is 0.149 e. The van der Waals surface area contributed by atoms with Crippen LogP contribution in [0.15, 0.2) is 6.07 Å². The summed E-state index contributed by atoms with van der Waals surface area (Å²) in [7, 11) is -2.97. The molecule has 0 spiro atoms. The van der Waals surface area contributed by atoms with Crippen LogP contribution in [0, 0.1) is 0 Å². The third-order valence-electron chi connectivity index (χ3n) is 2.02. The molecule has 0 bridgehead atoms. The summed E-state index contributed by atoms with van der Waals surface area (Å²) in [6.45, 7) is 4.34. The van der Waals surface area contributed by atoms with Gasteiger partial charge in [-0.05, 0) is 12.0 Å². The molecule has 1 aromatic heterocycles. The van der Waals surface area contributed by atoms with E-state index in [-0.39, 0.29) is 5.75 Å². The molecule has 0 fully saturated rings. The minimum absolute atomic E-state index is 0.0614. The van der Waals surface area contributed by atoms with Crippen LogP contribution in [0.2, 0.25) is 5.15 Å². The summed E-state index contributed by atoms with van der Waals surface area (Å²) in [5.74, 6) is 0.355. The van der Waals surface area contributed by atoms with Crippen LogP contribution in [0.5, 0.6) is 0 Å². The summed E-state index contributed by atoms with van der Waals surface area (Å²) >= 11 is 5.92. The molecular weight excluding hydrogens is 236 g/mol. The van der Waals surface area contributed by atoms with Crippen molar-refractivity contribution in [2.75, 3.05) is 12.0 Å². The van der Waals surface area contributed by atoms with Crippen LogP contribution in [0.3, 0.4) is 0 Å². The van der Waals surface area contributed by atoms with Gasteiger partial charge in [-0.15, -0.1) is 0 Å². The number of aryl methyl sites for hydroxylation is 1. The van der Waals surface area contributed by atoms with Crippen molar-refractivity contribution in [3.8, 4) is 0 Å². The number of rotatable bonds is 4. The topological polar surface area (TPSA) is 52.0 Å². The maximum atomic E-state index is 11.0. The first-order valence-corrected chi connectivity index (χ1v) is 7.14. The highest BCUT2D eigenvalue weighted by Crippen LogP contribution is 2.17. The van der Waals surface area contributed by atoms with E-state index in [0.717, 1.165) is 5.69 Å². The second-order valence-corrected chi connectivity index (χ2v) is 6.55. The lowest BCUT2D eigenvalue weighted by atomic mass is 10.1. The van der Waals surface area contributed by atoms with Gasteiger partial charge in [-0.25, -0.2) is 8.42 Å². The van der Waals surface area contributed by atoms with Gasteiger partial charge in [0.2, 0.25) is 0 Å². The molecular formula is C9H15ClN2O2S. The Morgan fingerprint density at radius 1 is 1.53 bits per heavy atom. The third kappa shape index (κ3) is 3.83. The molecule has 6 heteroatoms. The summed E-state index contributed by atoms with van der Waals surface area (Å²) in [6, 6.07) is 1.77. The zero-order valence-corrected chi connectivity index (χ0v) is 10.6. The molecule has 0 atom stereocenters. The molecule has 4 nitrogen and oxygen atoms in total. The van der Waals surface area contributed by atoms with E-state index in [9.17, 15) is 8.42 Å². The molecule has 86 valence electrons. The summed E-state index contributed by atoms with van der Waals surface area (Å²) in [4.78, 5) is 0. The highest BCUT2D eigenvalue weighted by atomic mass is 35.5. The van der Waals surface area contributed by atoms with Crippen molar-refractivity contribution in [1.82, 2.24) is 9.78 Å².